The molecule has 1 aliphatic carbocycles. The lowest BCUT2D eigenvalue weighted by Gasteiger charge is -2.32. The number of para-hydroxylation sites is 1. The molecule has 0 amide bonds. The Morgan fingerprint density at radius 2 is 1.15 bits per heavy atom. The number of benzene rings is 8. The highest BCUT2D eigenvalue weighted by Crippen LogP contribution is 2.54. The summed E-state index contributed by atoms with van der Waals surface area (Å²) in [5.41, 5.74) is 14.4. The fourth-order valence-corrected chi connectivity index (χ4v) is 8.87. The molecule has 0 aliphatic heterocycles. The topological polar surface area (TPSA) is 29.5 Å². The smallest absolute Gasteiger partial charge is 0.143 e. The quantitative estimate of drug-likeness (QED) is 0.187. The molecule has 0 bridgehead atoms. The zero-order valence-corrected chi connectivity index (χ0v) is 28.9. The van der Waals surface area contributed by atoms with E-state index in [0.29, 0.717) is 0 Å². The highest BCUT2D eigenvalue weighted by Gasteiger charge is 2.38. The molecule has 2 heterocycles. The average Bonchev–Trinajstić information content (AvgIpc) is 3.83. The van der Waals surface area contributed by atoms with E-state index in [2.05, 4.69) is 170 Å². The highest BCUT2D eigenvalue weighted by atomic mass is 16.3. The maximum Gasteiger partial charge on any atom is 0.143 e. The summed E-state index contributed by atoms with van der Waals surface area (Å²) in [6.45, 7) is 4.71. The van der Waals surface area contributed by atoms with Crippen LogP contribution in [0, 0.1) is 0 Å². The Bertz CT molecular complexity index is 3050. The van der Waals surface area contributed by atoms with E-state index in [-0.39, 0.29) is 5.41 Å². The number of rotatable bonds is 4. The second-order valence-electron chi connectivity index (χ2n) is 14.5. The van der Waals surface area contributed by atoms with Gasteiger partial charge in [-0.1, -0.05) is 123 Å². The van der Waals surface area contributed by atoms with Gasteiger partial charge in [-0.15, -0.1) is 0 Å². The number of furan rings is 2. The standard InChI is InChI=1S/C49H33NO2/c1-49(2)41-17-7-5-13-36(41)38-16-9-18-42(47(38)49)50(33-26-28-44-40(29-33)37-14-6-8-19-43(37)51-44)32-24-21-31(22-25-32)34-15-10-20-45-46(34)39-27-23-30-11-3-4-12-35(30)48(39)52-45/h3-29H,1-2H3. The number of nitrogens with zero attached hydrogens (tertiary/aromatic N) is 1. The van der Waals surface area contributed by atoms with E-state index >= 15 is 0 Å². The fraction of sp³-hybridized carbons (Fsp3) is 0.0612. The van der Waals surface area contributed by atoms with Crippen molar-refractivity contribution >= 4 is 71.7 Å². The molecule has 0 unspecified atom stereocenters. The van der Waals surface area contributed by atoms with Gasteiger partial charge in [0.25, 0.3) is 0 Å². The van der Waals surface area contributed by atoms with Crippen molar-refractivity contribution in [3.05, 3.63) is 175 Å². The second-order valence-corrected chi connectivity index (χ2v) is 14.5. The van der Waals surface area contributed by atoms with Crippen LogP contribution in [0.25, 0.3) is 76.9 Å². The summed E-state index contributed by atoms with van der Waals surface area (Å²) in [5, 5.41) is 6.82. The first-order chi connectivity index (χ1) is 25.5. The van der Waals surface area contributed by atoms with Crippen LogP contribution in [0.4, 0.5) is 17.1 Å². The molecule has 2 aromatic heterocycles. The number of hydrogen-bond acceptors (Lipinski definition) is 3. The van der Waals surface area contributed by atoms with Gasteiger partial charge < -0.3 is 13.7 Å². The van der Waals surface area contributed by atoms with Crippen LogP contribution in [-0.4, -0.2) is 0 Å². The molecular weight excluding hydrogens is 635 g/mol. The molecule has 11 rings (SSSR count). The molecule has 8 aromatic carbocycles. The van der Waals surface area contributed by atoms with Crippen molar-refractivity contribution in [1.29, 1.82) is 0 Å². The summed E-state index contributed by atoms with van der Waals surface area (Å²) in [5.74, 6) is 0. The third kappa shape index (κ3) is 4.08. The van der Waals surface area contributed by atoms with E-state index in [1.165, 1.54) is 33.3 Å². The van der Waals surface area contributed by atoms with Crippen LogP contribution < -0.4 is 4.90 Å². The Hall–Kier alpha value is -6.58. The summed E-state index contributed by atoms with van der Waals surface area (Å²) in [4.78, 5) is 2.43. The number of hydrogen-bond donors (Lipinski definition) is 0. The van der Waals surface area contributed by atoms with Crippen molar-refractivity contribution < 1.29 is 8.83 Å². The normalized spacial score (nSPS) is 13.3. The van der Waals surface area contributed by atoms with E-state index in [4.69, 9.17) is 8.83 Å². The lowest BCUT2D eigenvalue weighted by Crippen LogP contribution is -2.20. The van der Waals surface area contributed by atoms with Crippen molar-refractivity contribution in [2.75, 3.05) is 4.90 Å². The minimum Gasteiger partial charge on any atom is -0.456 e. The van der Waals surface area contributed by atoms with Gasteiger partial charge in [-0.2, -0.15) is 0 Å². The zero-order valence-electron chi connectivity index (χ0n) is 28.9. The number of anilines is 3. The largest absolute Gasteiger partial charge is 0.456 e. The van der Waals surface area contributed by atoms with Crippen molar-refractivity contribution in [1.82, 2.24) is 0 Å². The molecule has 0 radical (unpaired) electrons. The monoisotopic (exact) mass is 667 g/mol. The average molecular weight is 668 g/mol. The van der Waals surface area contributed by atoms with Crippen LogP contribution in [0.5, 0.6) is 0 Å². The summed E-state index contributed by atoms with van der Waals surface area (Å²) in [7, 11) is 0. The molecule has 0 spiro atoms. The predicted molar refractivity (Wildman–Crippen MR) is 216 cm³/mol. The van der Waals surface area contributed by atoms with Gasteiger partial charge >= 0.3 is 0 Å². The Morgan fingerprint density at radius 1 is 0.462 bits per heavy atom. The van der Waals surface area contributed by atoms with Gasteiger partial charge in [0.1, 0.15) is 22.3 Å². The van der Waals surface area contributed by atoms with E-state index in [1.54, 1.807) is 0 Å². The van der Waals surface area contributed by atoms with Crippen molar-refractivity contribution in [3.63, 3.8) is 0 Å². The van der Waals surface area contributed by atoms with Gasteiger partial charge in [-0.25, -0.2) is 0 Å². The van der Waals surface area contributed by atoms with Crippen LogP contribution in [0.2, 0.25) is 0 Å². The van der Waals surface area contributed by atoms with Gasteiger partial charge in [0.2, 0.25) is 0 Å². The van der Waals surface area contributed by atoms with Crippen molar-refractivity contribution in [2.24, 2.45) is 0 Å². The van der Waals surface area contributed by atoms with E-state index in [1.807, 2.05) is 12.1 Å². The molecule has 52 heavy (non-hydrogen) atoms. The SMILES string of the molecule is CC1(C)c2ccccc2-c2cccc(N(c3ccc(-c4cccc5oc6c7ccccc7ccc6c45)cc3)c3ccc4oc5ccccc5c4c3)c21. The summed E-state index contributed by atoms with van der Waals surface area (Å²) in [6, 6.07) is 58.8. The summed E-state index contributed by atoms with van der Waals surface area (Å²) in [6.07, 6.45) is 0. The lowest BCUT2D eigenvalue weighted by molar-refractivity contribution is 0.660. The second kappa shape index (κ2) is 10.7. The van der Waals surface area contributed by atoms with Crippen LogP contribution >= 0.6 is 0 Å². The minimum absolute atomic E-state index is 0.185. The number of fused-ring (bicyclic) bond motifs is 11. The molecule has 0 saturated heterocycles. The van der Waals surface area contributed by atoms with E-state index in [9.17, 15) is 0 Å². The van der Waals surface area contributed by atoms with Gasteiger partial charge in [-0.3, -0.25) is 0 Å². The molecular formula is C49H33NO2. The van der Waals surface area contributed by atoms with Gasteiger partial charge in [-0.05, 0) is 93.4 Å². The molecule has 3 nitrogen and oxygen atoms in total. The Morgan fingerprint density at radius 3 is 2.06 bits per heavy atom. The van der Waals surface area contributed by atoms with Crippen LogP contribution in [0.3, 0.4) is 0 Å². The van der Waals surface area contributed by atoms with Crippen LogP contribution in [0.15, 0.2) is 173 Å². The fourth-order valence-electron chi connectivity index (χ4n) is 8.87. The first kappa shape index (κ1) is 29.2. The predicted octanol–water partition coefficient (Wildman–Crippen LogP) is 14.1. The Balaban J connectivity index is 1.11. The van der Waals surface area contributed by atoms with Crippen LogP contribution in [-0.2, 0) is 5.41 Å². The maximum absolute atomic E-state index is 6.54. The molecule has 0 N–H and O–H groups in total. The molecule has 0 fully saturated rings. The minimum atomic E-state index is -0.185. The zero-order chi connectivity index (χ0) is 34.6. The summed E-state index contributed by atoms with van der Waals surface area (Å²) < 4.78 is 12.8. The molecule has 10 aromatic rings. The third-order valence-electron chi connectivity index (χ3n) is 11.2. The molecule has 1 aliphatic rings. The van der Waals surface area contributed by atoms with E-state index in [0.717, 1.165) is 71.8 Å². The van der Waals surface area contributed by atoms with Crippen molar-refractivity contribution in [2.45, 2.75) is 19.3 Å². The van der Waals surface area contributed by atoms with Crippen LogP contribution in [0.1, 0.15) is 25.0 Å². The Labute approximate surface area is 301 Å². The van der Waals surface area contributed by atoms with Gasteiger partial charge in [0, 0.05) is 43.7 Å². The maximum atomic E-state index is 6.54. The first-order valence-corrected chi connectivity index (χ1v) is 17.9. The van der Waals surface area contributed by atoms with E-state index < -0.39 is 0 Å². The molecule has 3 heteroatoms. The molecule has 0 atom stereocenters. The highest BCUT2D eigenvalue weighted by molar-refractivity contribution is 6.19. The lowest BCUT2D eigenvalue weighted by atomic mass is 9.81. The summed E-state index contributed by atoms with van der Waals surface area (Å²) >= 11 is 0. The third-order valence-corrected chi connectivity index (χ3v) is 11.2. The Kier molecular flexibility index (Phi) is 6.01. The molecule has 246 valence electrons. The van der Waals surface area contributed by atoms with Gasteiger partial charge in [0.15, 0.2) is 0 Å². The van der Waals surface area contributed by atoms with Crippen molar-refractivity contribution in [3.8, 4) is 22.3 Å². The van der Waals surface area contributed by atoms with Gasteiger partial charge in [0.05, 0.1) is 5.69 Å². The first-order valence-electron chi connectivity index (χ1n) is 17.9. The molecule has 0 saturated carbocycles.